The zero-order valence-electron chi connectivity index (χ0n) is 15.2. The topological polar surface area (TPSA) is 27.5 Å². The molecule has 1 saturated carbocycles. The first-order valence-corrected chi connectivity index (χ1v) is 10.3. The Morgan fingerprint density at radius 1 is 0.727 bits per heavy atom. The Morgan fingerprint density at radius 3 is 1.77 bits per heavy atom. The fraction of sp³-hybridized carbons (Fsp3) is 1.00. The van der Waals surface area contributed by atoms with Crippen molar-refractivity contribution < 1.29 is 5.06 Å². The maximum atomic E-state index is 12.0. The van der Waals surface area contributed by atoms with Gasteiger partial charge < -0.3 is 10.3 Å². The van der Waals surface area contributed by atoms with Gasteiger partial charge in [-0.2, -0.15) is 0 Å². The Balaban J connectivity index is 1.78. The molecule has 0 aromatic rings. The molecule has 1 N–H and O–H groups in total. The van der Waals surface area contributed by atoms with Crippen molar-refractivity contribution >= 4 is 0 Å². The van der Waals surface area contributed by atoms with Crippen LogP contribution in [0.2, 0.25) is 0 Å². The van der Waals surface area contributed by atoms with Crippen LogP contribution < -0.4 is 5.06 Å². The Morgan fingerprint density at radius 2 is 1.23 bits per heavy atom. The van der Waals surface area contributed by atoms with Crippen LogP contribution in [-0.4, -0.2) is 13.1 Å². The van der Waals surface area contributed by atoms with Crippen LogP contribution in [0.15, 0.2) is 0 Å². The molecular formula is C20H41NO. The fourth-order valence-electron chi connectivity index (χ4n) is 3.80. The molecule has 0 saturated heterocycles. The standard InChI is InChI=1S/C20H41NO/c1-2-3-4-5-6-7-8-9-10-11-15-18-21(22)19-20-16-13-12-14-17-20/h20-21H,2-19H2,1H3. The quantitative estimate of drug-likeness (QED) is 0.344. The lowest BCUT2D eigenvalue weighted by atomic mass is 9.89. The Labute approximate surface area is 139 Å². The van der Waals surface area contributed by atoms with Crippen LogP contribution >= 0.6 is 0 Å². The molecule has 22 heavy (non-hydrogen) atoms. The van der Waals surface area contributed by atoms with Crippen molar-refractivity contribution in [2.24, 2.45) is 5.92 Å². The van der Waals surface area contributed by atoms with Gasteiger partial charge in [-0.25, -0.2) is 0 Å². The fourth-order valence-corrected chi connectivity index (χ4v) is 3.80. The molecule has 0 amide bonds. The molecule has 1 rings (SSSR count). The highest BCUT2D eigenvalue weighted by atomic mass is 16.5. The summed E-state index contributed by atoms with van der Waals surface area (Å²) >= 11 is 0. The molecule has 0 aromatic carbocycles. The van der Waals surface area contributed by atoms with Crippen molar-refractivity contribution in [2.45, 2.75) is 110 Å². The first-order chi connectivity index (χ1) is 10.8. The second-order valence-electron chi connectivity index (χ2n) is 7.53. The summed E-state index contributed by atoms with van der Waals surface area (Å²) in [6, 6.07) is 0. The number of nitrogens with one attached hydrogen (secondary N) is 1. The van der Waals surface area contributed by atoms with Crippen molar-refractivity contribution in [1.29, 1.82) is 0 Å². The highest BCUT2D eigenvalue weighted by molar-refractivity contribution is 4.64. The van der Waals surface area contributed by atoms with Crippen LogP contribution in [0.3, 0.4) is 0 Å². The SMILES string of the molecule is CCCCCCCCCCCCC[NH+]([O-])CC1CCCCC1. The second kappa shape index (κ2) is 14.5. The van der Waals surface area contributed by atoms with E-state index in [1.54, 1.807) is 0 Å². The minimum absolute atomic E-state index is 0.544. The number of unbranched alkanes of at least 4 members (excludes halogenated alkanes) is 10. The molecule has 1 aliphatic rings. The number of hydrogen-bond donors (Lipinski definition) is 1. The largest absolute Gasteiger partial charge is 0.634 e. The number of hydroxylamine groups is 2. The third-order valence-electron chi connectivity index (χ3n) is 5.30. The van der Waals surface area contributed by atoms with E-state index in [2.05, 4.69) is 6.92 Å². The van der Waals surface area contributed by atoms with Gasteiger partial charge >= 0.3 is 0 Å². The lowest BCUT2D eigenvalue weighted by Crippen LogP contribution is -3.08. The molecule has 0 radical (unpaired) electrons. The van der Waals surface area contributed by atoms with E-state index in [0.29, 0.717) is 5.06 Å². The monoisotopic (exact) mass is 311 g/mol. The third-order valence-corrected chi connectivity index (χ3v) is 5.30. The maximum absolute atomic E-state index is 12.0. The van der Waals surface area contributed by atoms with Crippen LogP contribution in [0.5, 0.6) is 0 Å². The number of quaternary nitrogens is 1. The van der Waals surface area contributed by atoms with Crippen LogP contribution in [0.4, 0.5) is 0 Å². The van der Waals surface area contributed by atoms with Gasteiger partial charge in [0.2, 0.25) is 0 Å². The van der Waals surface area contributed by atoms with Gasteiger partial charge in [0.15, 0.2) is 0 Å². The maximum Gasteiger partial charge on any atom is 0.0796 e. The normalized spacial score (nSPS) is 17.7. The summed E-state index contributed by atoms with van der Waals surface area (Å²) in [5.74, 6) is 0.731. The lowest BCUT2D eigenvalue weighted by Gasteiger charge is -2.29. The second-order valence-corrected chi connectivity index (χ2v) is 7.53. The van der Waals surface area contributed by atoms with E-state index < -0.39 is 0 Å². The average molecular weight is 312 g/mol. The van der Waals surface area contributed by atoms with Gasteiger partial charge in [-0.15, -0.1) is 0 Å². The summed E-state index contributed by atoms with van der Waals surface area (Å²) in [5.41, 5.74) is 0. The lowest BCUT2D eigenvalue weighted by molar-refractivity contribution is -0.852. The summed E-state index contributed by atoms with van der Waals surface area (Å²) in [4.78, 5) is 0. The van der Waals surface area contributed by atoms with Gasteiger partial charge in [-0.05, 0) is 25.7 Å². The van der Waals surface area contributed by atoms with Crippen molar-refractivity contribution in [3.8, 4) is 0 Å². The number of hydrogen-bond acceptors (Lipinski definition) is 1. The molecule has 132 valence electrons. The molecule has 1 atom stereocenters. The van der Waals surface area contributed by atoms with E-state index in [1.165, 1.54) is 96.3 Å². The van der Waals surface area contributed by atoms with E-state index >= 15 is 0 Å². The smallest absolute Gasteiger partial charge is 0.0796 e. The van der Waals surface area contributed by atoms with Crippen molar-refractivity contribution in [3.05, 3.63) is 5.21 Å². The molecule has 1 fully saturated rings. The summed E-state index contributed by atoms with van der Waals surface area (Å²) in [6.07, 6.45) is 21.7. The van der Waals surface area contributed by atoms with E-state index in [-0.39, 0.29) is 0 Å². The van der Waals surface area contributed by atoms with Crippen LogP contribution in [0.1, 0.15) is 110 Å². The third kappa shape index (κ3) is 11.5. The Kier molecular flexibility index (Phi) is 13.2. The van der Waals surface area contributed by atoms with E-state index in [4.69, 9.17) is 0 Å². The van der Waals surface area contributed by atoms with Gasteiger partial charge in [-0.3, -0.25) is 0 Å². The highest BCUT2D eigenvalue weighted by Crippen LogP contribution is 2.22. The van der Waals surface area contributed by atoms with Gasteiger partial charge in [0.05, 0.1) is 13.1 Å². The molecule has 1 aliphatic carbocycles. The molecule has 0 spiro atoms. The number of rotatable bonds is 14. The predicted octanol–water partition coefficient (Wildman–Crippen LogP) is 5.26. The minimum atomic E-state index is 0.544. The zero-order chi connectivity index (χ0) is 15.9. The average Bonchev–Trinajstić information content (AvgIpc) is 2.53. The van der Waals surface area contributed by atoms with Gasteiger partial charge in [-0.1, -0.05) is 84.0 Å². The van der Waals surface area contributed by atoms with E-state index in [1.807, 2.05) is 0 Å². The van der Waals surface area contributed by atoms with Crippen molar-refractivity contribution in [1.82, 2.24) is 0 Å². The van der Waals surface area contributed by atoms with Crippen LogP contribution in [0.25, 0.3) is 0 Å². The van der Waals surface area contributed by atoms with E-state index in [9.17, 15) is 5.21 Å². The molecule has 1 unspecified atom stereocenters. The zero-order valence-corrected chi connectivity index (χ0v) is 15.2. The molecule has 2 heteroatoms. The van der Waals surface area contributed by atoms with E-state index in [0.717, 1.165) is 25.4 Å². The molecule has 0 heterocycles. The molecule has 0 bridgehead atoms. The summed E-state index contributed by atoms with van der Waals surface area (Å²) in [5, 5.41) is 12.5. The van der Waals surface area contributed by atoms with Crippen molar-refractivity contribution in [2.75, 3.05) is 13.1 Å². The summed E-state index contributed by atoms with van der Waals surface area (Å²) < 4.78 is 0. The van der Waals surface area contributed by atoms with Gasteiger partial charge in [0.25, 0.3) is 0 Å². The highest BCUT2D eigenvalue weighted by Gasteiger charge is 2.15. The summed E-state index contributed by atoms with van der Waals surface area (Å²) in [6.45, 7) is 4.02. The Hall–Kier alpha value is -0.0800. The van der Waals surface area contributed by atoms with Crippen LogP contribution in [0, 0.1) is 11.1 Å². The summed E-state index contributed by atoms with van der Waals surface area (Å²) in [7, 11) is 0. The first kappa shape index (κ1) is 20.0. The predicted molar refractivity (Wildman–Crippen MR) is 97.1 cm³/mol. The Bertz CT molecular complexity index is 226. The molecule has 2 nitrogen and oxygen atoms in total. The van der Waals surface area contributed by atoms with Gasteiger partial charge in [0.1, 0.15) is 0 Å². The molecular weight excluding hydrogens is 270 g/mol. The minimum Gasteiger partial charge on any atom is -0.634 e. The molecule has 0 aliphatic heterocycles. The van der Waals surface area contributed by atoms with Gasteiger partial charge in [0, 0.05) is 5.92 Å². The van der Waals surface area contributed by atoms with Crippen molar-refractivity contribution in [3.63, 3.8) is 0 Å². The molecule has 0 aromatic heterocycles. The first-order valence-electron chi connectivity index (χ1n) is 10.3. The van der Waals surface area contributed by atoms with Crippen LogP contribution in [-0.2, 0) is 0 Å².